The number of hydrogen-bond donors (Lipinski definition) is 3. The van der Waals surface area contributed by atoms with Crippen molar-refractivity contribution < 1.29 is 71.8 Å². The van der Waals surface area contributed by atoms with Crippen LogP contribution < -0.4 is 4.89 Å². The van der Waals surface area contributed by atoms with Gasteiger partial charge in [0.1, 0.15) is 50.5 Å². The van der Waals surface area contributed by atoms with Gasteiger partial charge in [-0.15, -0.1) is 0 Å². The van der Waals surface area contributed by atoms with Crippen LogP contribution in [0.1, 0.15) is 130 Å². The van der Waals surface area contributed by atoms with E-state index in [0.717, 1.165) is 63.9 Å². The van der Waals surface area contributed by atoms with E-state index in [1.807, 2.05) is 45.4 Å². The number of aldehydes is 2. The number of Topliss-reactive ketones (excluding diaryl/α,β-unsaturated/α-hetero) is 2. The summed E-state index contributed by atoms with van der Waals surface area (Å²) in [5.41, 5.74) is 0. The third kappa shape index (κ3) is 32.4. The van der Waals surface area contributed by atoms with E-state index in [4.69, 9.17) is 18.5 Å². The fourth-order valence-corrected chi connectivity index (χ4v) is 7.10. The van der Waals surface area contributed by atoms with Crippen LogP contribution in [0.5, 0.6) is 0 Å². The normalized spacial score (nSPS) is 16.6. The van der Waals surface area contributed by atoms with Crippen molar-refractivity contribution >= 4 is 44.2 Å². The number of carbonyl (C=O) groups excluding carboxylic acids is 6. The van der Waals surface area contributed by atoms with Gasteiger partial charge < -0.3 is 38.7 Å². The zero-order chi connectivity index (χ0) is 48.4. The van der Waals surface area contributed by atoms with Crippen molar-refractivity contribution in [2.45, 2.75) is 149 Å². The maximum absolute atomic E-state index is 12.9. The Morgan fingerprint density at radius 2 is 1.12 bits per heavy atom. The number of phosphoric acid groups is 1. The Bertz CT molecular complexity index is 1460. The first-order valence-corrected chi connectivity index (χ1v) is 24.5. The number of aliphatic hydroxyl groups excluding tert-OH is 2. The van der Waals surface area contributed by atoms with E-state index in [1.54, 1.807) is 0 Å². The molecule has 8 atom stereocenters. The number of carbonyl (C=O) groups is 6. The molecular formula is C48H81NO14P+. The molecule has 0 heterocycles. The lowest BCUT2D eigenvalue weighted by molar-refractivity contribution is -0.870. The molecule has 366 valence electrons. The summed E-state index contributed by atoms with van der Waals surface area (Å²) in [6.45, 7) is 6.16. The van der Waals surface area contributed by atoms with Crippen LogP contribution in [-0.2, 0) is 47.3 Å². The summed E-state index contributed by atoms with van der Waals surface area (Å²) in [5.74, 6) is -4.44. The number of ether oxygens (including phenoxy) is 2. The van der Waals surface area contributed by atoms with Crippen LogP contribution in [0.3, 0.4) is 0 Å². The monoisotopic (exact) mass is 927 g/mol. The molecule has 0 rings (SSSR count). The molecule has 0 aliphatic carbocycles. The average Bonchev–Trinajstić information content (AvgIpc) is 3.22. The topological polar surface area (TPSA) is 223 Å². The van der Waals surface area contributed by atoms with Gasteiger partial charge in [-0.1, -0.05) is 88.1 Å². The Balaban J connectivity index is 5.37. The van der Waals surface area contributed by atoms with Gasteiger partial charge in [0.25, 0.3) is 0 Å². The number of rotatable bonds is 40. The summed E-state index contributed by atoms with van der Waals surface area (Å²) in [6, 6.07) is 0. The van der Waals surface area contributed by atoms with Gasteiger partial charge in [-0.25, -0.2) is 0 Å². The number of quaternary nitrogens is 1. The Hall–Kier alpha value is -3.27. The van der Waals surface area contributed by atoms with Crippen LogP contribution in [0.15, 0.2) is 48.6 Å². The third-order valence-corrected chi connectivity index (χ3v) is 11.3. The molecule has 0 fully saturated rings. The largest absolute Gasteiger partial charge is 0.606 e. The van der Waals surface area contributed by atoms with E-state index in [0.29, 0.717) is 23.9 Å². The van der Waals surface area contributed by atoms with Crippen LogP contribution in [0.2, 0.25) is 0 Å². The van der Waals surface area contributed by atoms with Crippen LogP contribution in [-0.4, -0.2) is 121 Å². The number of hydrogen-bond acceptors (Lipinski definition) is 14. The molecule has 0 aliphatic heterocycles. The number of esters is 2. The van der Waals surface area contributed by atoms with E-state index in [1.165, 1.54) is 38.2 Å². The van der Waals surface area contributed by atoms with Crippen molar-refractivity contribution in [2.75, 3.05) is 47.5 Å². The lowest BCUT2D eigenvalue weighted by atomic mass is 9.86. The van der Waals surface area contributed by atoms with Gasteiger partial charge in [-0.2, -0.15) is 13.9 Å². The highest BCUT2D eigenvalue weighted by Gasteiger charge is 2.32. The van der Waals surface area contributed by atoms with Gasteiger partial charge >= 0.3 is 20.1 Å². The summed E-state index contributed by atoms with van der Waals surface area (Å²) in [5, 5.41) is 21.1. The predicted octanol–water partition coefficient (Wildman–Crippen LogP) is 6.48. The van der Waals surface area contributed by atoms with Crippen molar-refractivity contribution in [3.05, 3.63) is 48.6 Å². The molecule has 0 radical (unpaired) electrons. The standard InChI is InChI=1S/C48H80NO14P/c1-8-10-12-14-16-18-22-40(34-50)45(38(3)52)30-28-42(54)24-20-26-47(56)60-36-44(37-62-64(58,59)61-33-32-49(5,6)7)63-48(57)27-21-25-43(55)29-31-46(39(4)53)41(35-51)23-19-17-15-13-11-9-2/h16-19,28-31,34-35,40-46,54-55H,8-15,20-27,32-33,36-37H2,1-7H3/p+1/b18-16-,19-17-,30-28+,31-29+/t40?,41?,42?,43?,44-,45?,46?/m1/s1. The summed E-state index contributed by atoms with van der Waals surface area (Å²) >= 11 is 0. The molecular weight excluding hydrogens is 845 g/mol. The number of phosphoric ester groups is 1. The minimum atomic E-state index is -4.58. The van der Waals surface area contributed by atoms with E-state index in [9.17, 15) is 48.8 Å². The smallest absolute Gasteiger partial charge is 0.377 e. The maximum atomic E-state index is 12.9. The van der Waals surface area contributed by atoms with Gasteiger partial charge in [-0.3, -0.25) is 19.2 Å². The minimum Gasteiger partial charge on any atom is -0.606 e. The van der Waals surface area contributed by atoms with Gasteiger partial charge in [0.2, 0.25) is 0 Å². The van der Waals surface area contributed by atoms with Crippen molar-refractivity contribution in [1.82, 2.24) is 0 Å². The van der Waals surface area contributed by atoms with Crippen LogP contribution in [0, 0.1) is 23.7 Å². The van der Waals surface area contributed by atoms with Crippen molar-refractivity contribution in [1.29, 1.82) is 0 Å². The van der Waals surface area contributed by atoms with Gasteiger partial charge in [0, 0.05) is 36.5 Å². The molecule has 0 aromatic rings. The lowest BCUT2D eigenvalue weighted by Crippen LogP contribution is -2.38. The summed E-state index contributed by atoms with van der Waals surface area (Å²) in [7, 11) is 1.03. The lowest BCUT2D eigenvalue weighted by Gasteiger charge is -2.26. The number of likely N-dealkylation sites (N-methyl/N-ethyl adjacent to an activating group) is 1. The number of nitrogens with zero attached hydrogens (tertiary/aromatic N) is 1. The second-order valence-electron chi connectivity index (χ2n) is 17.4. The SMILES string of the molecule is CCCCC/C=C\CC(C=O)C(/C=C/C(O)CCCC(=O)OC[C@H](CO[P+]([O-])(O)OCC[N+](C)(C)C)OC(=O)CCCC(O)/C=C/C(C(C)=O)C(C=O)C/C=C\CCCCC)C(C)=O. The maximum Gasteiger partial charge on any atom is 0.377 e. The fraction of sp³-hybridized carbons (Fsp3) is 0.708. The molecule has 15 nitrogen and oxygen atoms in total. The molecule has 0 aliphatic rings. The van der Waals surface area contributed by atoms with Gasteiger partial charge in [0.05, 0.1) is 33.4 Å². The molecule has 3 N–H and O–H groups in total. The third-order valence-electron chi connectivity index (χ3n) is 10.3. The van der Waals surface area contributed by atoms with Crippen molar-refractivity contribution in [3.8, 4) is 0 Å². The first-order valence-electron chi connectivity index (χ1n) is 23.0. The molecule has 0 aromatic carbocycles. The zero-order valence-corrected chi connectivity index (χ0v) is 40.6. The molecule has 0 amide bonds. The Morgan fingerprint density at radius 3 is 1.55 bits per heavy atom. The van der Waals surface area contributed by atoms with Crippen LogP contribution >= 0.6 is 8.17 Å². The van der Waals surface area contributed by atoms with Gasteiger partial charge in [-0.05, 0) is 78.1 Å². The second-order valence-corrected chi connectivity index (χ2v) is 18.8. The quantitative estimate of drug-likeness (QED) is 0.0150. The number of unbranched alkanes of at least 4 members (excludes halogenated alkanes) is 6. The van der Waals surface area contributed by atoms with E-state index in [-0.39, 0.29) is 56.7 Å². The number of ketones is 2. The number of aliphatic hydroxyl groups is 2. The second kappa shape index (κ2) is 35.9. The van der Waals surface area contributed by atoms with Crippen LogP contribution in [0.4, 0.5) is 0 Å². The highest BCUT2D eigenvalue weighted by molar-refractivity contribution is 7.52. The molecule has 0 saturated carbocycles. The highest BCUT2D eigenvalue weighted by Crippen LogP contribution is 2.47. The predicted molar refractivity (Wildman–Crippen MR) is 246 cm³/mol. The molecule has 0 aromatic heterocycles. The van der Waals surface area contributed by atoms with E-state index < -0.39 is 75.3 Å². The molecule has 0 spiro atoms. The molecule has 0 bridgehead atoms. The molecule has 16 heteroatoms. The average molecular weight is 927 g/mol. The van der Waals surface area contributed by atoms with E-state index in [2.05, 4.69) is 13.8 Å². The zero-order valence-electron chi connectivity index (χ0n) is 39.7. The Kier molecular flexibility index (Phi) is 34.1. The summed E-state index contributed by atoms with van der Waals surface area (Å²) < 4.78 is 21.3. The first kappa shape index (κ1) is 60.7. The van der Waals surface area contributed by atoms with Gasteiger partial charge in [0.15, 0.2) is 6.10 Å². The number of allylic oxidation sites excluding steroid dienone is 6. The van der Waals surface area contributed by atoms with E-state index >= 15 is 0 Å². The molecule has 7 unspecified atom stereocenters. The Morgan fingerprint density at radius 1 is 0.656 bits per heavy atom. The minimum absolute atomic E-state index is 0.0999. The van der Waals surface area contributed by atoms with Crippen LogP contribution in [0.25, 0.3) is 0 Å². The Labute approximate surface area is 383 Å². The molecule has 64 heavy (non-hydrogen) atoms. The first-order chi connectivity index (χ1) is 30.3. The summed E-state index contributed by atoms with van der Waals surface area (Å²) in [6.07, 6.45) is 21.4. The van der Waals surface area contributed by atoms with Crippen molar-refractivity contribution in [3.63, 3.8) is 0 Å². The summed E-state index contributed by atoms with van der Waals surface area (Å²) in [4.78, 5) is 96.7. The highest BCUT2D eigenvalue weighted by atomic mass is 31.2. The van der Waals surface area contributed by atoms with Crippen molar-refractivity contribution in [2.24, 2.45) is 23.7 Å². The molecule has 0 saturated heterocycles. The fourth-order valence-electron chi connectivity index (χ4n) is 6.36.